The summed E-state index contributed by atoms with van der Waals surface area (Å²) in [5, 5.41) is 3.25. The monoisotopic (exact) mass is 325 g/mol. The molecule has 2 aromatic rings. The van der Waals surface area contributed by atoms with Crippen LogP contribution < -0.4 is 5.32 Å². The quantitative estimate of drug-likeness (QED) is 0.934. The highest BCUT2D eigenvalue weighted by Crippen LogP contribution is 2.49. The number of rotatable bonds is 4. The van der Waals surface area contributed by atoms with Crippen molar-refractivity contribution in [2.75, 3.05) is 0 Å². The third-order valence-electron chi connectivity index (χ3n) is 6.37. The van der Waals surface area contributed by atoms with E-state index in [0.29, 0.717) is 12.5 Å². The molecule has 4 atom stereocenters. The largest absolute Gasteiger partial charge is 0.352 e. The van der Waals surface area contributed by atoms with Gasteiger partial charge < -0.3 is 9.88 Å². The van der Waals surface area contributed by atoms with Gasteiger partial charge >= 0.3 is 0 Å². The van der Waals surface area contributed by atoms with Gasteiger partial charge in [-0.05, 0) is 81.0 Å². The Balaban J connectivity index is 1.43. The van der Waals surface area contributed by atoms with Crippen LogP contribution >= 0.6 is 0 Å². The number of nitrogens with one attached hydrogen (secondary N) is 1. The van der Waals surface area contributed by atoms with Crippen molar-refractivity contribution in [3.05, 3.63) is 29.6 Å². The van der Waals surface area contributed by atoms with E-state index in [1.165, 1.54) is 36.8 Å². The van der Waals surface area contributed by atoms with Crippen molar-refractivity contribution < 1.29 is 4.79 Å². The second kappa shape index (κ2) is 5.91. The highest BCUT2D eigenvalue weighted by Gasteiger charge is 2.42. The number of carbonyl (C=O) groups excluding carboxylic acids is 1. The Labute approximate surface area is 143 Å². The molecule has 24 heavy (non-hydrogen) atoms. The molecule has 0 radical (unpaired) electrons. The van der Waals surface area contributed by atoms with Crippen LogP contribution in [-0.2, 0) is 11.3 Å². The molecule has 4 heteroatoms. The van der Waals surface area contributed by atoms with E-state index in [1.807, 2.05) is 4.57 Å². The lowest BCUT2D eigenvalue weighted by molar-refractivity contribution is -0.122. The van der Waals surface area contributed by atoms with Gasteiger partial charge in [0.05, 0.1) is 17.4 Å². The number of carbonyl (C=O) groups is 1. The zero-order valence-electron chi connectivity index (χ0n) is 14.9. The molecule has 0 aliphatic heterocycles. The minimum atomic E-state index is 0.0998. The number of aromatic nitrogens is 2. The average Bonchev–Trinajstić information content (AvgIpc) is 3.25. The van der Waals surface area contributed by atoms with Crippen molar-refractivity contribution in [2.45, 2.75) is 59.0 Å². The fourth-order valence-corrected chi connectivity index (χ4v) is 4.91. The van der Waals surface area contributed by atoms with Crippen LogP contribution in [-0.4, -0.2) is 21.5 Å². The van der Waals surface area contributed by atoms with Gasteiger partial charge in [-0.2, -0.15) is 0 Å². The van der Waals surface area contributed by atoms with E-state index in [0.717, 1.165) is 22.9 Å². The number of fused-ring (bicyclic) bond motifs is 3. The zero-order chi connectivity index (χ0) is 16.8. The van der Waals surface area contributed by atoms with Crippen molar-refractivity contribution in [1.82, 2.24) is 14.9 Å². The van der Waals surface area contributed by atoms with Gasteiger partial charge in [-0.3, -0.25) is 4.79 Å². The first-order valence-corrected chi connectivity index (χ1v) is 9.22. The summed E-state index contributed by atoms with van der Waals surface area (Å²) in [6.45, 7) is 6.73. The topological polar surface area (TPSA) is 46.9 Å². The van der Waals surface area contributed by atoms with Crippen molar-refractivity contribution in [3.8, 4) is 0 Å². The molecule has 2 aliphatic rings. The molecule has 4 rings (SSSR count). The molecule has 1 heterocycles. The SMILES string of the molecule is Cc1cc2ncn(CC(=O)N[C@@H](C)[C@H]3C[C@H]4CC[C@H]3C4)c2cc1C. The van der Waals surface area contributed by atoms with Crippen LogP contribution in [0, 0.1) is 31.6 Å². The number of amides is 1. The van der Waals surface area contributed by atoms with Crippen LogP contribution in [0.4, 0.5) is 0 Å². The smallest absolute Gasteiger partial charge is 0.240 e. The minimum absolute atomic E-state index is 0.0998. The van der Waals surface area contributed by atoms with E-state index >= 15 is 0 Å². The Kier molecular flexibility index (Phi) is 3.86. The summed E-state index contributed by atoms with van der Waals surface area (Å²) in [5.74, 6) is 2.54. The van der Waals surface area contributed by atoms with Crippen molar-refractivity contribution in [3.63, 3.8) is 0 Å². The Morgan fingerprint density at radius 1 is 1.29 bits per heavy atom. The summed E-state index contributed by atoms with van der Waals surface area (Å²) < 4.78 is 1.96. The van der Waals surface area contributed by atoms with Crippen molar-refractivity contribution in [2.24, 2.45) is 17.8 Å². The third kappa shape index (κ3) is 2.72. The molecule has 1 aromatic carbocycles. The number of aryl methyl sites for hydroxylation is 2. The van der Waals surface area contributed by atoms with E-state index in [2.05, 4.69) is 43.2 Å². The van der Waals surface area contributed by atoms with Gasteiger partial charge in [-0.25, -0.2) is 4.98 Å². The normalized spacial score (nSPS) is 26.9. The third-order valence-corrected chi connectivity index (χ3v) is 6.37. The molecule has 0 unspecified atom stereocenters. The summed E-state index contributed by atoms with van der Waals surface area (Å²) in [5.41, 5.74) is 4.48. The summed E-state index contributed by atoms with van der Waals surface area (Å²) >= 11 is 0. The standard InChI is InChI=1S/C20H27N3O/c1-12-6-18-19(7-13(12)2)23(11-21-18)10-20(24)22-14(3)17-9-15-4-5-16(17)8-15/h6-7,11,14-17H,4-5,8-10H2,1-3H3,(H,22,24)/t14-,15-,16-,17+/m0/s1. The fourth-order valence-electron chi connectivity index (χ4n) is 4.91. The molecule has 1 N–H and O–H groups in total. The molecule has 128 valence electrons. The van der Waals surface area contributed by atoms with Crippen LogP contribution in [0.3, 0.4) is 0 Å². The lowest BCUT2D eigenvalue weighted by Gasteiger charge is -2.28. The number of hydrogen-bond acceptors (Lipinski definition) is 2. The van der Waals surface area contributed by atoms with Crippen LogP contribution in [0.5, 0.6) is 0 Å². The predicted molar refractivity (Wildman–Crippen MR) is 95.7 cm³/mol. The Morgan fingerprint density at radius 3 is 2.79 bits per heavy atom. The molecule has 1 aromatic heterocycles. The lowest BCUT2D eigenvalue weighted by atomic mass is 9.84. The van der Waals surface area contributed by atoms with Gasteiger partial charge in [0.1, 0.15) is 6.54 Å². The molecular weight excluding hydrogens is 298 g/mol. The lowest BCUT2D eigenvalue weighted by Crippen LogP contribution is -2.41. The summed E-state index contributed by atoms with van der Waals surface area (Å²) in [4.78, 5) is 17.0. The highest BCUT2D eigenvalue weighted by molar-refractivity contribution is 5.81. The van der Waals surface area contributed by atoms with Crippen LogP contribution in [0.2, 0.25) is 0 Å². The molecule has 0 saturated heterocycles. The van der Waals surface area contributed by atoms with Gasteiger partial charge in [0.2, 0.25) is 5.91 Å². The average molecular weight is 325 g/mol. The maximum Gasteiger partial charge on any atom is 0.240 e. The van der Waals surface area contributed by atoms with Crippen LogP contribution in [0.25, 0.3) is 11.0 Å². The molecule has 1 amide bonds. The maximum absolute atomic E-state index is 12.5. The van der Waals surface area contributed by atoms with Gasteiger partial charge in [-0.1, -0.05) is 6.42 Å². The molecule has 2 saturated carbocycles. The predicted octanol–water partition coefficient (Wildman–Crippen LogP) is 3.59. The molecule has 2 bridgehead atoms. The summed E-state index contributed by atoms with van der Waals surface area (Å²) in [6.07, 6.45) is 7.24. The van der Waals surface area contributed by atoms with E-state index < -0.39 is 0 Å². The van der Waals surface area contributed by atoms with Gasteiger partial charge in [0.25, 0.3) is 0 Å². The molecule has 2 aliphatic carbocycles. The van der Waals surface area contributed by atoms with Crippen LogP contribution in [0.15, 0.2) is 18.5 Å². The molecule has 2 fully saturated rings. The first-order valence-electron chi connectivity index (χ1n) is 9.22. The number of benzene rings is 1. The Bertz CT molecular complexity index is 779. The second-order valence-electron chi connectivity index (χ2n) is 7.99. The Hall–Kier alpha value is -1.84. The first kappa shape index (κ1) is 15.7. The van der Waals surface area contributed by atoms with E-state index in [-0.39, 0.29) is 11.9 Å². The van der Waals surface area contributed by atoms with Gasteiger partial charge in [0.15, 0.2) is 0 Å². The summed E-state index contributed by atoms with van der Waals surface area (Å²) in [7, 11) is 0. The number of nitrogens with zero attached hydrogens (tertiary/aromatic N) is 2. The first-order chi connectivity index (χ1) is 11.5. The van der Waals surface area contributed by atoms with E-state index in [1.54, 1.807) is 6.33 Å². The highest BCUT2D eigenvalue weighted by atomic mass is 16.2. The van der Waals surface area contributed by atoms with E-state index in [9.17, 15) is 4.79 Å². The van der Waals surface area contributed by atoms with Crippen molar-refractivity contribution in [1.29, 1.82) is 0 Å². The Morgan fingerprint density at radius 2 is 2.08 bits per heavy atom. The minimum Gasteiger partial charge on any atom is -0.352 e. The fraction of sp³-hybridized carbons (Fsp3) is 0.600. The molecule has 4 nitrogen and oxygen atoms in total. The number of imidazole rings is 1. The van der Waals surface area contributed by atoms with Gasteiger partial charge in [-0.15, -0.1) is 0 Å². The zero-order valence-corrected chi connectivity index (χ0v) is 14.9. The number of hydrogen-bond donors (Lipinski definition) is 1. The molecular formula is C20H27N3O. The maximum atomic E-state index is 12.5. The summed E-state index contributed by atoms with van der Waals surface area (Å²) in [6, 6.07) is 4.51. The van der Waals surface area contributed by atoms with Crippen LogP contribution in [0.1, 0.15) is 43.7 Å². The van der Waals surface area contributed by atoms with Gasteiger partial charge in [0, 0.05) is 6.04 Å². The van der Waals surface area contributed by atoms with E-state index in [4.69, 9.17) is 0 Å². The second-order valence-corrected chi connectivity index (χ2v) is 7.99. The van der Waals surface area contributed by atoms with Crippen molar-refractivity contribution >= 4 is 16.9 Å². The molecule has 0 spiro atoms.